The zero-order valence-corrected chi connectivity index (χ0v) is 10.4. The maximum atomic E-state index is 2.29. The number of nitrogens with zero attached hydrogens (tertiary/aromatic N) is 1. The van der Waals surface area contributed by atoms with Crippen molar-refractivity contribution in [3.8, 4) is 0 Å². The minimum Gasteiger partial charge on any atom is -0.320 e. The fraction of sp³-hybridized carbons (Fsp3) is 0.385. The standard InChI is InChI=1S/C13H17NS/c1-4-9-15-13-10(2)12-7-5-6-8-14(12)11(13)3/h5-8H,4,9H2,1-3H3. The van der Waals surface area contributed by atoms with E-state index in [0.29, 0.717) is 0 Å². The van der Waals surface area contributed by atoms with Gasteiger partial charge >= 0.3 is 0 Å². The Kier molecular flexibility index (Phi) is 3.06. The molecule has 2 aromatic heterocycles. The van der Waals surface area contributed by atoms with Crippen molar-refractivity contribution < 1.29 is 0 Å². The Hall–Kier alpha value is -0.890. The van der Waals surface area contributed by atoms with Gasteiger partial charge in [-0.2, -0.15) is 0 Å². The zero-order chi connectivity index (χ0) is 10.8. The fourth-order valence-electron chi connectivity index (χ4n) is 1.96. The lowest BCUT2D eigenvalue weighted by molar-refractivity contribution is 1.07. The average molecular weight is 219 g/mol. The highest BCUT2D eigenvalue weighted by molar-refractivity contribution is 7.99. The molecule has 0 aliphatic carbocycles. The first-order valence-electron chi connectivity index (χ1n) is 5.44. The molecule has 80 valence electrons. The van der Waals surface area contributed by atoms with Gasteiger partial charge in [0.2, 0.25) is 0 Å². The van der Waals surface area contributed by atoms with Crippen LogP contribution in [0.25, 0.3) is 5.52 Å². The molecule has 0 amide bonds. The summed E-state index contributed by atoms with van der Waals surface area (Å²) in [6.45, 7) is 6.66. The quantitative estimate of drug-likeness (QED) is 0.704. The van der Waals surface area contributed by atoms with Crippen molar-refractivity contribution in [2.45, 2.75) is 32.1 Å². The summed E-state index contributed by atoms with van der Waals surface area (Å²) in [5.41, 5.74) is 4.14. The van der Waals surface area contributed by atoms with Crippen LogP contribution in [0.4, 0.5) is 0 Å². The molecule has 0 aromatic carbocycles. The van der Waals surface area contributed by atoms with Crippen LogP contribution in [0.3, 0.4) is 0 Å². The molecule has 2 heteroatoms. The molecule has 0 unspecified atom stereocenters. The number of hydrogen-bond donors (Lipinski definition) is 0. The monoisotopic (exact) mass is 219 g/mol. The minimum atomic E-state index is 1.21. The number of thioether (sulfide) groups is 1. The van der Waals surface area contributed by atoms with Crippen LogP contribution >= 0.6 is 11.8 Å². The summed E-state index contributed by atoms with van der Waals surface area (Å²) in [7, 11) is 0. The Morgan fingerprint density at radius 1 is 1.27 bits per heavy atom. The predicted octanol–water partition coefficient (Wildman–Crippen LogP) is 4.06. The molecule has 0 saturated carbocycles. The molecule has 0 bridgehead atoms. The topological polar surface area (TPSA) is 4.41 Å². The van der Waals surface area contributed by atoms with Gasteiger partial charge in [-0.1, -0.05) is 13.0 Å². The molecule has 15 heavy (non-hydrogen) atoms. The first-order chi connectivity index (χ1) is 7.25. The minimum absolute atomic E-state index is 1.21. The van der Waals surface area contributed by atoms with E-state index in [9.17, 15) is 0 Å². The third kappa shape index (κ3) is 1.78. The van der Waals surface area contributed by atoms with Crippen LogP contribution in [0.2, 0.25) is 0 Å². The Bertz CT molecular complexity index is 432. The molecule has 0 atom stereocenters. The normalized spacial score (nSPS) is 11.1. The van der Waals surface area contributed by atoms with E-state index in [1.807, 2.05) is 11.8 Å². The second-order valence-electron chi connectivity index (χ2n) is 3.84. The maximum absolute atomic E-state index is 2.29. The second-order valence-corrected chi connectivity index (χ2v) is 4.95. The summed E-state index contributed by atoms with van der Waals surface area (Å²) in [6.07, 6.45) is 3.38. The predicted molar refractivity (Wildman–Crippen MR) is 67.9 cm³/mol. The van der Waals surface area contributed by atoms with Crippen molar-refractivity contribution in [2.75, 3.05) is 5.75 Å². The van der Waals surface area contributed by atoms with E-state index in [4.69, 9.17) is 0 Å². The van der Waals surface area contributed by atoms with E-state index in [2.05, 4.69) is 49.6 Å². The third-order valence-electron chi connectivity index (χ3n) is 2.73. The lowest BCUT2D eigenvalue weighted by atomic mass is 10.3. The van der Waals surface area contributed by atoms with Crippen molar-refractivity contribution in [1.82, 2.24) is 4.40 Å². The molecule has 2 heterocycles. The molecule has 2 aromatic rings. The van der Waals surface area contributed by atoms with Crippen LogP contribution in [0.1, 0.15) is 24.6 Å². The van der Waals surface area contributed by atoms with Crippen molar-refractivity contribution in [1.29, 1.82) is 0 Å². The van der Waals surface area contributed by atoms with Crippen LogP contribution < -0.4 is 0 Å². The zero-order valence-electron chi connectivity index (χ0n) is 9.58. The van der Waals surface area contributed by atoms with Crippen LogP contribution in [0, 0.1) is 13.8 Å². The van der Waals surface area contributed by atoms with Gasteiger partial charge in [-0.3, -0.25) is 0 Å². The first-order valence-corrected chi connectivity index (χ1v) is 6.43. The summed E-state index contributed by atoms with van der Waals surface area (Å²) < 4.78 is 2.29. The number of aromatic nitrogens is 1. The molecule has 1 nitrogen and oxygen atoms in total. The molecule has 0 spiro atoms. The maximum Gasteiger partial charge on any atom is 0.0493 e. The van der Waals surface area contributed by atoms with Gasteiger partial charge in [0.15, 0.2) is 0 Å². The summed E-state index contributed by atoms with van der Waals surface area (Å²) in [5, 5.41) is 0. The van der Waals surface area contributed by atoms with E-state index < -0.39 is 0 Å². The van der Waals surface area contributed by atoms with Gasteiger partial charge in [0, 0.05) is 22.3 Å². The van der Waals surface area contributed by atoms with Crippen molar-refractivity contribution in [3.63, 3.8) is 0 Å². The van der Waals surface area contributed by atoms with Crippen molar-refractivity contribution in [2.24, 2.45) is 0 Å². The van der Waals surface area contributed by atoms with Gasteiger partial charge < -0.3 is 4.40 Å². The number of rotatable bonds is 3. The molecule has 0 radical (unpaired) electrons. The van der Waals surface area contributed by atoms with Crippen LogP contribution in [-0.2, 0) is 0 Å². The van der Waals surface area contributed by atoms with Crippen molar-refractivity contribution in [3.05, 3.63) is 35.7 Å². The van der Waals surface area contributed by atoms with Crippen molar-refractivity contribution >= 4 is 17.3 Å². The van der Waals surface area contributed by atoms with E-state index in [1.165, 1.54) is 33.8 Å². The van der Waals surface area contributed by atoms with Gasteiger partial charge in [-0.15, -0.1) is 11.8 Å². The van der Waals surface area contributed by atoms with Gasteiger partial charge in [0.05, 0.1) is 0 Å². The SMILES string of the molecule is CCCSc1c(C)c2ccccn2c1C. The Labute approximate surface area is 95.5 Å². The summed E-state index contributed by atoms with van der Waals surface area (Å²) in [4.78, 5) is 1.46. The largest absolute Gasteiger partial charge is 0.320 e. The molecule has 0 aliphatic rings. The van der Waals surface area contributed by atoms with E-state index in [1.54, 1.807) is 0 Å². The van der Waals surface area contributed by atoms with Crippen LogP contribution in [0.15, 0.2) is 29.3 Å². The lowest BCUT2D eigenvalue weighted by Gasteiger charge is -2.00. The molecular weight excluding hydrogens is 202 g/mol. The highest BCUT2D eigenvalue weighted by atomic mass is 32.2. The summed E-state index contributed by atoms with van der Waals surface area (Å²) >= 11 is 1.98. The highest BCUT2D eigenvalue weighted by Crippen LogP contribution is 2.31. The van der Waals surface area contributed by atoms with E-state index in [-0.39, 0.29) is 0 Å². The highest BCUT2D eigenvalue weighted by Gasteiger charge is 2.10. The third-order valence-corrected chi connectivity index (χ3v) is 4.23. The Morgan fingerprint density at radius 3 is 2.73 bits per heavy atom. The van der Waals surface area contributed by atoms with E-state index >= 15 is 0 Å². The number of pyridine rings is 1. The second kappa shape index (κ2) is 4.31. The van der Waals surface area contributed by atoms with Gasteiger partial charge in [0.25, 0.3) is 0 Å². The molecule has 0 N–H and O–H groups in total. The van der Waals surface area contributed by atoms with E-state index in [0.717, 1.165) is 0 Å². The van der Waals surface area contributed by atoms with Gasteiger partial charge in [-0.25, -0.2) is 0 Å². The molecule has 2 rings (SSSR count). The fourth-order valence-corrected chi connectivity index (χ4v) is 2.99. The van der Waals surface area contributed by atoms with Gasteiger partial charge in [-0.05, 0) is 43.7 Å². The Morgan fingerprint density at radius 2 is 2.07 bits per heavy atom. The summed E-state index contributed by atoms with van der Waals surface area (Å²) in [5.74, 6) is 1.21. The summed E-state index contributed by atoms with van der Waals surface area (Å²) in [6, 6.07) is 6.39. The molecule has 0 fully saturated rings. The first kappa shape index (κ1) is 10.6. The Balaban J connectivity index is 2.54. The molecular formula is C13H17NS. The number of fused-ring (bicyclic) bond motifs is 1. The average Bonchev–Trinajstić information content (AvgIpc) is 2.51. The van der Waals surface area contributed by atoms with Crippen LogP contribution in [-0.4, -0.2) is 10.2 Å². The smallest absolute Gasteiger partial charge is 0.0493 e. The lowest BCUT2D eigenvalue weighted by Crippen LogP contribution is -1.85. The molecule has 0 aliphatic heterocycles. The van der Waals surface area contributed by atoms with Crippen LogP contribution in [0.5, 0.6) is 0 Å². The molecule has 0 saturated heterocycles. The number of aryl methyl sites for hydroxylation is 2. The number of hydrogen-bond acceptors (Lipinski definition) is 1. The van der Waals surface area contributed by atoms with Gasteiger partial charge in [0.1, 0.15) is 0 Å².